The van der Waals surface area contributed by atoms with Crippen molar-refractivity contribution in [1.29, 1.82) is 0 Å². The second-order valence-electron chi connectivity index (χ2n) is 11.7. The number of anilines is 3. The first kappa shape index (κ1) is 28.7. The average Bonchev–Trinajstić information content (AvgIpc) is 2.91. The van der Waals surface area contributed by atoms with Gasteiger partial charge in [-0.15, -0.1) is 0 Å². The molecule has 0 aliphatic carbocycles. The molecule has 4 amide bonds. The van der Waals surface area contributed by atoms with E-state index in [0.29, 0.717) is 25.6 Å². The van der Waals surface area contributed by atoms with E-state index in [1.165, 1.54) is 0 Å². The summed E-state index contributed by atoms with van der Waals surface area (Å²) in [7, 11) is 3.56. The quantitative estimate of drug-likeness (QED) is 0.430. The van der Waals surface area contributed by atoms with Crippen LogP contribution in [0.4, 0.5) is 21.9 Å². The maximum absolute atomic E-state index is 12.6. The number of carbonyl (C=O) groups excluding carboxylic acids is 4. The number of piperazine rings is 1. The first-order valence-corrected chi connectivity index (χ1v) is 13.8. The largest absolute Gasteiger partial charge is 0.444 e. The number of nitrogens with zero attached hydrogens (tertiary/aromatic N) is 5. The molecule has 1 aromatic carbocycles. The highest BCUT2D eigenvalue weighted by Crippen LogP contribution is 2.39. The van der Waals surface area contributed by atoms with Gasteiger partial charge in [0.2, 0.25) is 18.2 Å². The van der Waals surface area contributed by atoms with Crippen LogP contribution in [0.3, 0.4) is 0 Å². The van der Waals surface area contributed by atoms with Crippen molar-refractivity contribution < 1.29 is 23.9 Å². The molecule has 3 aliphatic rings. The summed E-state index contributed by atoms with van der Waals surface area (Å²) in [6.07, 6.45) is 3.11. The Morgan fingerprint density at radius 1 is 1.03 bits per heavy atom. The molecule has 214 valence electrons. The van der Waals surface area contributed by atoms with Crippen molar-refractivity contribution in [1.82, 2.24) is 15.1 Å². The molecule has 0 saturated carbocycles. The Balaban J connectivity index is 1.42. The highest BCUT2D eigenvalue weighted by Gasteiger charge is 2.34. The summed E-state index contributed by atoms with van der Waals surface area (Å²) >= 11 is 0. The fourth-order valence-corrected chi connectivity index (χ4v) is 5.76. The van der Waals surface area contributed by atoms with Gasteiger partial charge in [-0.2, -0.15) is 0 Å². The lowest BCUT2D eigenvalue weighted by Gasteiger charge is -2.44. The maximum Gasteiger partial charge on any atom is 0.410 e. The number of hydrogen-bond donors (Lipinski definition) is 1. The molecule has 11 heteroatoms. The number of likely N-dealkylation sites (N-methyl/N-ethyl adjacent to an activating group) is 1. The number of carbonyl (C=O) groups is 4. The Bertz CT molecular complexity index is 1070. The second kappa shape index (κ2) is 11.8. The smallest absolute Gasteiger partial charge is 0.410 e. The monoisotopic (exact) mass is 542 g/mol. The van der Waals surface area contributed by atoms with E-state index in [4.69, 9.17) is 4.74 Å². The SMILES string of the molecule is CN(C=O)c1c(N2CCN(C3CCN(C(=O)OC(C)(C)C)CC3)CC2)cccc1N(C)C1CCC(=O)NC1=O. The van der Waals surface area contributed by atoms with Gasteiger partial charge in [0.05, 0.1) is 17.1 Å². The molecule has 0 aromatic heterocycles. The van der Waals surface area contributed by atoms with Gasteiger partial charge >= 0.3 is 6.09 Å². The maximum atomic E-state index is 12.6. The highest BCUT2D eigenvalue weighted by atomic mass is 16.6. The molecule has 3 heterocycles. The van der Waals surface area contributed by atoms with Crippen LogP contribution in [0.5, 0.6) is 0 Å². The summed E-state index contributed by atoms with van der Waals surface area (Å²) in [4.78, 5) is 58.6. The predicted octanol–water partition coefficient (Wildman–Crippen LogP) is 2.04. The molecule has 3 aliphatic heterocycles. The lowest BCUT2D eigenvalue weighted by molar-refractivity contribution is -0.134. The number of rotatable bonds is 6. The zero-order valence-corrected chi connectivity index (χ0v) is 23.8. The summed E-state index contributed by atoms with van der Waals surface area (Å²) in [5.74, 6) is -0.567. The Labute approximate surface area is 231 Å². The minimum absolute atomic E-state index is 0.236. The van der Waals surface area contributed by atoms with Gasteiger partial charge in [0.1, 0.15) is 11.6 Å². The normalized spacial score (nSPS) is 21.4. The first-order valence-electron chi connectivity index (χ1n) is 13.8. The van der Waals surface area contributed by atoms with E-state index in [0.717, 1.165) is 62.5 Å². The Morgan fingerprint density at radius 2 is 1.69 bits per heavy atom. The summed E-state index contributed by atoms with van der Waals surface area (Å²) in [5.41, 5.74) is 1.97. The van der Waals surface area contributed by atoms with Crippen molar-refractivity contribution >= 4 is 41.4 Å². The minimum atomic E-state index is -0.491. The molecule has 0 bridgehead atoms. The highest BCUT2D eigenvalue weighted by molar-refractivity contribution is 6.03. The van der Waals surface area contributed by atoms with Crippen LogP contribution in [0.15, 0.2) is 18.2 Å². The van der Waals surface area contributed by atoms with Crippen LogP contribution in [0, 0.1) is 0 Å². The van der Waals surface area contributed by atoms with Crippen LogP contribution in [0.25, 0.3) is 0 Å². The van der Waals surface area contributed by atoms with E-state index in [9.17, 15) is 19.2 Å². The average molecular weight is 543 g/mol. The molecule has 1 aromatic rings. The van der Waals surface area contributed by atoms with Gasteiger partial charge in [-0.25, -0.2) is 4.79 Å². The molecule has 0 radical (unpaired) electrons. The van der Waals surface area contributed by atoms with Gasteiger partial charge in [-0.05, 0) is 52.2 Å². The molecule has 11 nitrogen and oxygen atoms in total. The molecule has 1 unspecified atom stereocenters. The Kier molecular flexibility index (Phi) is 8.68. The van der Waals surface area contributed by atoms with Crippen molar-refractivity contribution in [2.45, 2.75) is 64.1 Å². The van der Waals surface area contributed by atoms with Crippen molar-refractivity contribution in [3.8, 4) is 0 Å². The Hall–Kier alpha value is -3.34. The van der Waals surface area contributed by atoms with Crippen LogP contribution >= 0.6 is 0 Å². The van der Waals surface area contributed by atoms with E-state index in [2.05, 4.69) is 15.1 Å². The topological polar surface area (TPSA) is 106 Å². The van der Waals surface area contributed by atoms with Gasteiger partial charge in [0, 0.05) is 65.8 Å². The minimum Gasteiger partial charge on any atom is -0.444 e. The van der Waals surface area contributed by atoms with E-state index in [1.54, 1.807) is 11.9 Å². The summed E-state index contributed by atoms with van der Waals surface area (Å²) in [6.45, 7) is 10.4. The number of hydrogen-bond acceptors (Lipinski definition) is 8. The van der Waals surface area contributed by atoms with E-state index in [-0.39, 0.29) is 24.3 Å². The number of imide groups is 1. The number of para-hydroxylation sites is 1. The van der Waals surface area contributed by atoms with Crippen LogP contribution in [-0.4, -0.2) is 105 Å². The van der Waals surface area contributed by atoms with Crippen LogP contribution in [0.1, 0.15) is 46.5 Å². The van der Waals surface area contributed by atoms with Gasteiger partial charge in [0.25, 0.3) is 0 Å². The van der Waals surface area contributed by atoms with E-state index < -0.39 is 11.6 Å². The molecular weight excluding hydrogens is 500 g/mol. The number of amides is 4. The molecule has 1 N–H and O–H groups in total. The van der Waals surface area contributed by atoms with Gasteiger partial charge < -0.3 is 24.3 Å². The fraction of sp³-hybridized carbons (Fsp3) is 0.643. The molecule has 4 rings (SSSR count). The lowest BCUT2D eigenvalue weighted by Crippen LogP contribution is -2.54. The number of piperidine rings is 2. The van der Waals surface area contributed by atoms with E-state index in [1.807, 2.05) is 55.8 Å². The molecule has 0 spiro atoms. The van der Waals surface area contributed by atoms with Crippen LogP contribution < -0.4 is 20.0 Å². The van der Waals surface area contributed by atoms with Crippen molar-refractivity contribution in [3.63, 3.8) is 0 Å². The summed E-state index contributed by atoms with van der Waals surface area (Å²) in [6, 6.07) is 5.82. The van der Waals surface area contributed by atoms with Gasteiger partial charge in [-0.3, -0.25) is 24.6 Å². The molecule has 3 fully saturated rings. The third kappa shape index (κ3) is 6.63. The van der Waals surface area contributed by atoms with Crippen molar-refractivity contribution in [2.75, 3.05) is 68.1 Å². The Morgan fingerprint density at radius 3 is 2.28 bits per heavy atom. The predicted molar refractivity (Wildman–Crippen MR) is 150 cm³/mol. The van der Waals surface area contributed by atoms with Crippen LogP contribution in [0.2, 0.25) is 0 Å². The number of ether oxygens (including phenoxy) is 1. The van der Waals surface area contributed by atoms with Crippen molar-refractivity contribution in [3.05, 3.63) is 18.2 Å². The number of likely N-dealkylation sites (tertiary alicyclic amines) is 1. The molecule has 1 atom stereocenters. The standard InChI is InChI=1S/C28H42N6O5/c1-28(2,3)39-27(38)34-13-11-20(12-14-34)32-15-17-33(18-16-32)22-8-6-7-21(25(22)30(4)19-35)31(5)23-9-10-24(36)29-26(23)37/h6-8,19-20,23H,9-18H2,1-5H3,(H,29,36,37). The fourth-order valence-electron chi connectivity index (χ4n) is 5.76. The van der Waals surface area contributed by atoms with Crippen molar-refractivity contribution in [2.24, 2.45) is 0 Å². The van der Waals surface area contributed by atoms with E-state index >= 15 is 0 Å². The third-order valence-electron chi connectivity index (χ3n) is 7.85. The zero-order chi connectivity index (χ0) is 28.3. The molecular formula is C28H42N6O5. The van der Waals surface area contributed by atoms with Gasteiger partial charge in [0.15, 0.2) is 0 Å². The molecule has 3 saturated heterocycles. The lowest BCUT2D eigenvalue weighted by atomic mass is 10.0. The first-order chi connectivity index (χ1) is 18.5. The summed E-state index contributed by atoms with van der Waals surface area (Å²) < 4.78 is 5.53. The third-order valence-corrected chi connectivity index (χ3v) is 7.85. The zero-order valence-electron chi connectivity index (χ0n) is 23.8. The summed E-state index contributed by atoms with van der Waals surface area (Å²) in [5, 5.41) is 2.43. The number of benzene rings is 1. The second-order valence-corrected chi connectivity index (χ2v) is 11.7. The number of nitrogens with one attached hydrogen (secondary N) is 1. The van der Waals surface area contributed by atoms with Crippen LogP contribution in [-0.2, 0) is 19.1 Å². The van der Waals surface area contributed by atoms with Gasteiger partial charge in [-0.1, -0.05) is 6.07 Å². The molecule has 39 heavy (non-hydrogen) atoms.